The van der Waals surface area contributed by atoms with Crippen molar-refractivity contribution >= 4 is 12.6 Å². The standard InChI is InChI=1S/C17H36S/c1-3-5-7-8-9-10-11-12-14-16-17(18)15-13-6-4-2/h17-18H,3-16H2,1-2H3. The minimum atomic E-state index is 0.668. The molecule has 1 unspecified atom stereocenters. The van der Waals surface area contributed by atoms with Crippen LogP contribution in [-0.4, -0.2) is 5.25 Å². The second-order valence-corrected chi connectivity index (χ2v) is 6.50. The van der Waals surface area contributed by atoms with E-state index in [0.29, 0.717) is 5.25 Å². The summed E-state index contributed by atoms with van der Waals surface area (Å²) >= 11 is 4.68. The Bertz CT molecular complexity index is 145. The normalized spacial score (nSPS) is 12.8. The first-order chi connectivity index (χ1) is 8.81. The SMILES string of the molecule is CCCCCCCCCCCC(S)CCCCC. The van der Waals surface area contributed by atoms with Crippen LogP contribution in [0.3, 0.4) is 0 Å². The third-order valence-electron chi connectivity index (χ3n) is 3.78. The average Bonchev–Trinajstić information content (AvgIpc) is 2.37. The molecule has 0 aliphatic carbocycles. The van der Waals surface area contributed by atoms with Crippen molar-refractivity contribution in [1.29, 1.82) is 0 Å². The van der Waals surface area contributed by atoms with E-state index in [-0.39, 0.29) is 0 Å². The van der Waals surface area contributed by atoms with Crippen LogP contribution in [0.15, 0.2) is 0 Å². The van der Waals surface area contributed by atoms with Gasteiger partial charge in [-0.3, -0.25) is 0 Å². The average molecular weight is 273 g/mol. The Morgan fingerprint density at radius 3 is 1.39 bits per heavy atom. The molecule has 1 atom stereocenters. The lowest BCUT2D eigenvalue weighted by atomic mass is 10.0. The molecule has 0 N–H and O–H groups in total. The molecule has 0 saturated carbocycles. The molecule has 0 amide bonds. The molecule has 0 heterocycles. The maximum atomic E-state index is 4.68. The minimum Gasteiger partial charge on any atom is -0.176 e. The monoisotopic (exact) mass is 272 g/mol. The number of unbranched alkanes of at least 4 members (excludes halogenated alkanes) is 10. The molecule has 110 valence electrons. The van der Waals surface area contributed by atoms with Gasteiger partial charge in [0.1, 0.15) is 0 Å². The van der Waals surface area contributed by atoms with Crippen LogP contribution in [0.5, 0.6) is 0 Å². The lowest BCUT2D eigenvalue weighted by Crippen LogP contribution is -1.98. The lowest BCUT2D eigenvalue weighted by Gasteiger charge is -2.09. The summed E-state index contributed by atoms with van der Waals surface area (Å²) in [7, 11) is 0. The molecule has 0 aliphatic rings. The topological polar surface area (TPSA) is 0 Å². The molecule has 0 rings (SSSR count). The van der Waals surface area contributed by atoms with Crippen molar-refractivity contribution in [2.24, 2.45) is 0 Å². The van der Waals surface area contributed by atoms with Crippen LogP contribution in [0.2, 0.25) is 0 Å². The smallest absolute Gasteiger partial charge is 0.00168 e. The fraction of sp³-hybridized carbons (Fsp3) is 1.00. The van der Waals surface area contributed by atoms with E-state index in [0.717, 1.165) is 0 Å². The number of rotatable bonds is 14. The van der Waals surface area contributed by atoms with Gasteiger partial charge < -0.3 is 0 Å². The molecule has 0 fully saturated rings. The quantitative estimate of drug-likeness (QED) is 0.261. The number of hydrogen-bond donors (Lipinski definition) is 1. The van der Waals surface area contributed by atoms with Gasteiger partial charge >= 0.3 is 0 Å². The molecule has 0 aliphatic heterocycles. The van der Waals surface area contributed by atoms with E-state index in [2.05, 4.69) is 26.5 Å². The van der Waals surface area contributed by atoms with Crippen LogP contribution >= 0.6 is 12.6 Å². The van der Waals surface area contributed by atoms with Crippen molar-refractivity contribution in [3.8, 4) is 0 Å². The van der Waals surface area contributed by atoms with Crippen molar-refractivity contribution < 1.29 is 0 Å². The first kappa shape index (κ1) is 18.4. The Morgan fingerprint density at radius 2 is 0.889 bits per heavy atom. The molecule has 0 aromatic heterocycles. The Morgan fingerprint density at radius 1 is 0.556 bits per heavy atom. The second kappa shape index (κ2) is 15.4. The fourth-order valence-electron chi connectivity index (χ4n) is 2.46. The van der Waals surface area contributed by atoms with Gasteiger partial charge in [-0.15, -0.1) is 0 Å². The van der Waals surface area contributed by atoms with Crippen LogP contribution in [0.4, 0.5) is 0 Å². The molecular formula is C17H36S. The van der Waals surface area contributed by atoms with Gasteiger partial charge in [0, 0.05) is 5.25 Å². The van der Waals surface area contributed by atoms with E-state index >= 15 is 0 Å². The third kappa shape index (κ3) is 14.4. The van der Waals surface area contributed by atoms with Gasteiger partial charge in [0.2, 0.25) is 0 Å². The maximum absolute atomic E-state index is 4.68. The van der Waals surface area contributed by atoms with Gasteiger partial charge in [-0.1, -0.05) is 90.9 Å². The first-order valence-corrected chi connectivity index (χ1v) is 9.01. The van der Waals surface area contributed by atoms with Gasteiger partial charge in [-0.25, -0.2) is 0 Å². The highest BCUT2D eigenvalue weighted by Crippen LogP contribution is 2.17. The highest BCUT2D eigenvalue weighted by molar-refractivity contribution is 7.80. The third-order valence-corrected chi connectivity index (χ3v) is 4.30. The molecule has 0 aromatic rings. The minimum absolute atomic E-state index is 0.668. The van der Waals surface area contributed by atoms with Gasteiger partial charge in [0.25, 0.3) is 0 Å². The van der Waals surface area contributed by atoms with Crippen molar-refractivity contribution in [2.45, 2.75) is 109 Å². The summed E-state index contributed by atoms with van der Waals surface area (Å²) in [5.41, 5.74) is 0. The highest BCUT2D eigenvalue weighted by atomic mass is 32.1. The summed E-state index contributed by atoms with van der Waals surface area (Å²) in [5, 5.41) is 0.668. The predicted octanol–water partition coefficient (Wildman–Crippen LogP) is 6.79. The molecular weight excluding hydrogens is 236 g/mol. The summed E-state index contributed by atoms with van der Waals surface area (Å²) in [6.07, 6.45) is 19.6. The molecule has 0 saturated heterocycles. The first-order valence-electron chi connectivity index (χ1n) is 8.49. The van der Waals surface area contributed by atoms with E-state index in [4.69, 9.17) is 0 Å². The van der Waals surface area contributed by atoms with Crippen molar-refractivity contribution in [1.82, 2.24) is 0 Å². The molecule has 0 radical (unpaired) electrons. The highest BCUT2D eigenvalue weighted by Gasteiger charge is 2.02. The van der Waals surface area contributed by atoms with Crippen LogP contribution in [-0.2, 0) is 0 Å². The zero-order valence-corrected chi connectivity index (χ0v) is 13.8. The van der Waals surface area contributed by atoms with Gasteiger partial charge in [0.15, 0.2) is 0 Å². The Hall–Kier alpha value is 0.350. The maximum Gasteiger partial charge on any atom is 0.00168 e. The van der Waals surface area contributed by atoms with Crippen molar-refractivity contribution in [3.05, 3.63) is 0 Å². The van der Waals surface area contributed by atoms with Gasteiger partial charge in [-0.05, 0) is 12.8 Å². The van der Waals surface area contributed by atoms with Crippen LogP contribution in [0, 0.1) is 0 Å². The summed E-state index contributed by atoms with van der Waals surface area (Å²) in [6, 6.07) is 0. The fourth-order valence-corrected chi connectivity index (χ4v) is 2.83. The summed E-state index contributed by atoms with van der Waals surface area (Å²) in [6.45, 7) is 4.56. The van der Waals surface area contributed by atoms with Crippen LogP contribution < -0.4 is 0 Å². The van der Waals surface area contributed by atoms with Crippen LogP contribution in [0.25, 0.3) is 0 Å². The van der Waals surface area contributed by atoms with Gasteiger partial charge in [-0.2, -0.15) is 12.6 Å². The van der Waals surface area contributed by atoms with Crippen molar-refractivity contribution in [3.63, 3.8) is 0 Å². The summed E-state index contributed by atoms with van der Waals surface area (Å²) in [5.74, 6) is 0. The summed E-state index contributed by atoms with van der Waals surface area (Å²) < 4.78 is 0. The Balaban J connectivity index is 3.05. The molecule has 1 heteroatoms. The largest absolute Gasteiger partial charge is 0.176 e. The molecule has 18 heavy (non-hydrogen) atoms. The lowest BCUT2D eigenvalue weighted by molar-refractivity contribution is 0.541. The zero-order valence-electron chi connectivity index (χ0n) is 12.9. The molecule has 0 aromatic carbocycles. The van der Waals surface area contributed by atoms with E-state index in [9.17, 15) is 0 Å². The predicted molar refractivity (Wildman–Crippen MR) is 88.8 cm³/mol. The van der Waals surface area contributed by atoms with Crippen molar-refractivity contribution in [2.75, 3.05) is 0 Å². The molecule has 0 nitrogen and oxygen atoms in total. The van der Waals surface area contributed by atoms with E-state index in [1.54, 1.807) is 0 Å². The zero-order chi connectivity index (χ0) is 13.5. The molecule has 0 spiro atoms. The van der Waals surface area contributed by atoms with Gasteiger partial charge in [0.05, 0.1) is 0 Å². The van der Waals surface area contributed by atoms with E-state index in [1.165, 1.54) is 89.9 Å². The Labute approximate surface area is 122 Å². The Kier molecular flexibility index (Phi) is 15.7. The summed E-state index contributed by atoms with van der Waals surface area (Å²) in [4.78, 5) is 0. The second-order valence-electron chi connectivity index (χ2n) is 5.77. The number of thiol groups is 1. The van der Waals surface area contributed by atoms with Crippen LogP contribution in [0.1, 0.15) is 104 Å². The molecule has 0 bridgehead atoms. The number of hydrogen-bond acceptors (Lipinski definition) is 1. The van der Waals surface area contributed by atoms with E-state index < -0.39 is 0 Å². The van der Waals surface area contributed by atoms with E-state index in [1.807, 2.05) is 0 Å².